The molecule has 4 heteroatoms. The molecule has 0 aliphatic heterocycles. The fraction of sp³-hybridized carbons (Fsp3) is 0.333. The summed E-state index contributed by atoms with van der Waals surface area (Å²) in [6.45, 7) is -0.0542. The molecule has 1 aromatic rings. The molecule has 0 spiro atoms. The molecule has 0 amide bonds. The summed E-state index contributed by atoms with van der Waals surface area (Å²) >= 11 is 0. The van der Waals surface area contributed by atoms with Crippen molar-refractivity contribution >= 4 is 5.69 Å². The van der Waals surface area contributed by atoms with E-state index < -0.39 is 5.66 Å². The fourth-order valence-electron chi connectivity index (χ4n) is 1.24. The molecule has 0 saturated heterocycles. The molecule has 0 aliphatic carbocycles. The van der Waals surface area contributed by atoms with Crippen LogP contribution in [0, 0.1) is 0 Å². The van der Waals surface area contributed by atoms with Crippen molar-refractivity contribution in [1.82, 2.24) is 0 Å². The van der Waals surface area contributed by atoms with E-state index in [1.807, 2.05) is 12.1 Å². The van der Waals surface area contributed by atoms with Crippen LogP contribution in [0.4, 0.5) is 5.69 Å². The molecule has 0 unspecified atom stereocenters. The molecule has 0 atom stereocenters. The molecular formula is C9H15N3O. The third kappa shape index (κ3) is 2.18. The smallest absolute Gasteiger partial charge is 0.0941 e. The first-order chi connectivity index (χ1) is 6.08. The average Bonchev–Trinajstić information content (AvgIpc) is 2.04. The number of aliphatic hydroxyl groups is 1. The van der Waals surface area contributed by atoms with E-state index in [2.05, 4.69) is 0 Å². The van der Waals surface area contributed by atoms with E-state index in [0.717, 1.165) is 0 Å². The molecule has 0 aliphatic rings. The van der Waals surface area contributed by atoms with Crippen LogP contribution in [0.3, 0.4) is 0 Å². The lowest BCUT2D eigenvalue weighted by Crippen LogP contribution is -2.47. The monoisotopic (exact) mass is 181 g/mol. The van der Waals surface area contributed by atoms with Crippen LogP contribution in [-0.4, -0.2) is 11.7 Å². The lowest BCUT2D eigenvalue weighted by atomic mass is 9.96. The highest BCUT2D eigenvalue weighted by Crippen LogP contribution is 2.21. The van der Waals surface area contributed by atoms with Crippen molar-refractivity contribution in [1.29, 1.82) is 0 Å². The van der Waals surface area contributed by atoms with Crippen LogP contribution in [-0.2, 0) is 5.66 Å². The molecule has 0 saturated carbocycles. The molecule has 13 heavy (non-hydrogen) atoms. The fourth-order valence-corrected chi connectivity index (χ4v) is 1.24. The third-order valence-electron chi connectivity index (χ3n) is 1.99. The zero-order chi connectivity index (χ0) is 9.90. The maximum Gasteiger partial charge on any atom is 0.0941 e. The van der Waals surface area contributed by atoms with Gasteiger partial charge < -0.3 is 22.3 Å². The highest BCUT2D eigenvalue weighted by Gasteiger charge is 2.22. The van der Waals surface area contributed by atoms with E-state index in [-0.39, 0.29) is 6.61 Å². The van der Waals surface area contributed by atoms with Crippen molar-refractivity contribution in [3.8, 4) is 0 Å². The lowest BCUT2D eigenvalue weighted by Gasteiger charge is -2.25. The number of nitrogens with two attached hydrogens (primary N) is 3. The third-order valence-corrected chi connectivity index (χ3v) is 1.99. The highest BCUT2D eigenvalue weighted by molar-refractivity contribution is 5.49. The molecular weight excluding hydrogens is 166 g/mol. The molecule has 0 bridgehead atoms. The summed E-state index contributed by atoms with van der Waals surface area (Å²) in [4.78, 5) is 0. The van der Waals surface area contributed by atoms with Gasteiger partial charge in [-0.1, -0.05) is 18.2 Å². The second-order valence-corrected chi connectivity index (χ2v) is 3.10. The van der Waals surface area contributed by atoms with E-state index in [9.17, 15) is 0 Å². The van der Waals surface area contributed by atoms with Crippen LogP contribution < -0.4 is 17.2 Å². The largest absolute Gasteiger partial charge is 0.398 e. The normalized spacial score (nSPS) is 11.6. The van der Waals surface area contributed by atoms with Crippen LogP contribution in [0.1, 0.15) is 12.0 Å². The van der Waals surface area contributed by atoms with E-state index in [4.69, 9.17) is 22.3 Å². The first kappa shape index (κ1) is 9.98. The second-order valence-electron chi connectivity index (χ2n) is 3.10. The van der Waals surface area contributed by atoms with Crippen molar-refractivity contribution in [2.45, 2.75) is 12.1 Å². The molecule has 72 valence electrons. The Morgan fingerprint density at radius 3 is 2.38 bits per heavy atom. The Morgan fingerprint density at radius 2 is 1.85 bits per heavy atom. The summed E-state index contributed by atoms with van der Waals surface area (Å²) in [6, 6.07) is 7.14. The van der Waals surface area contributed by atoms with Crippen molar-refractivity contribution in [2.75, 3.05) is 12.3 Å². The first-order valence-corrected chi connectivity index (χ1v) is 4.11. The Morgan fingerprint density at radius 1 is 1.23 bits per heavy atom. The van der Waals surface area contributed by atoms with E-state index in [1.165, 1.54) is 0 Å². The summed E-state index contributed by atoms with van der Waals surface area (Å²) in [6.07, 6.45) is 0.293. The van der Waals surface area contributed by atoms with Crippen molar-refractivity contribution in [3.05, 3.63) is 29.8 Å². The average molecular weight is 181 g/mol. The van der Waals surface area contributed by atoms with Gasteiger partial charge in [-0.3, -0.25) is 0 Å². The van der Waals surface area contributed by atoms with E-state index in [1.54, 1.807) is 12.1 Å². The lowest BCUT2D eigenvalue weighted by molar-refractivity contribution is 0.242. The number of rotatable bonds is 3. The molecule has 0 aromatic heterocycles. The minimum Gasteiger partial charge on any atom is -0.398 e. The highest BCUT2D eigenvalue weighted by atomic mass is 16.3. The maximum absolute atomic E-state index is 8.75. The van der Waals surface area contributed by atoms with Gasteiger partial charge in [-0.15, -0.1) is 0 Å². The van der Waals surface area contributed by atoms with Gasteiger partial charge in [-0.2, -0.15) is 0 Å². The molecule has 7 N–H and O–H groups in total. The summed E-state index contributed by atoms with van der Waals surface area (Å²) in [5.74, 6) is 0. The van der Waals surface area contributed by atoms with Gasteiger partial charge in [0, 0.05) is 24.3 Å². The van der Waals surface area contributed by atoms with Crippen LogP contribution in [0.25, 0.3) is 0 Å². The number of para-hydroxylation sites is 1. The van der Waals surface area contributed by atoms with Gasteiger partial charge in [0.1, 0.15) is 0 Å². The Balaban J connectivity index is 2.99. The van der Waals surface area contributed by atoms with Gasteiger partial charge in [0.25, 0.3) is 0 Å². The van der Waals surface area contributed by atoms with E-state index in [0.29, 0.717) is 17.7 Å². The minimum atomic E-state index is -1.04. The summed E-state index contributed by atoms with van der Waals surface area (Å²) < 4.78 is 0. The van der Waals surface area contributed by atoms with Crippen LogP contribution >= 0.6 is 0 Å². The zero-order valence-corrected chi connectivity index (χ0v) is 7.40. The summed E-state index contributed by atoms with van der Waals surface area (Å²) in [7, 11) is 0. The number of benzene rings is 1. The van der Waals surface area contributed by atoms with Gasteiger partial charge in [0.2, 0.25) is 0 Å². The van der Waals surface area contributed by atoms with Crippen LogP contribution in [0.2, 0.25) is 0 Å². The number of nitrogen functional groups attached to an aromatic ring is 1. The zero-order valence-electron chi connectivity index (χ0n) is 7.40. The Labute approximate surface area is 77.3 Å². The molecule has 1 rings (SSSR count). The van der Waals surface area contributed by atoms with Gasteiger partial charge in [0.05, 0.1) is 5.66 Å². The van der Waals surface area contributed by atoms with Crippen LogP contribution in [0.15, 0.2) is 24.3 Å². The number of hydrogen-bond acceptors (Lipinski definition) is 4. The van der Waals surface area contributed by atoms with Crippen molar-refractivity contribution in [3.63, 3.8) is 0 Å². The summed E-state index contributed by atoms with van der Waals surface area (Å²) in [5.41, 5.74) is 17.5. The predicted molar refractivity (Wildman–Crippen MR) is 52.6 cm³/mol. The minimum absolute atomic E-state index is 0.0542. The van der Waals surface area contributed by atoms with Crippen molar-refractivity contribution in [2.24, 2.45) is 11.5 Å². The summed E-state index contributed by atoms with van der Waals surface area (Å²) in [5, 5.41) is 8.75. The van der Waals surface area contributed by atoms with Crippen molar-refractivity contribution < 1.29 is 5.11 Å². The number of anilines is 1. The Bertz CT molecular complexity index is 286. The standard InChI is InChI=1S/C9H15N3O/c10-8-4-2-1-3-7(8)9(11,12)5-6-13/h1-4,13H,5-6,10-12H2. The Hall–Kier alpha value is -1.10. The maximum atomic E-state index is 8.75. The molecule has 0 fully saturated rings. The van der Waals surface area contributed by atoms with Gasteiger partial charge in [-0.25, -0.2) is 0 Å². The Kier molecular flexibility index (Phi) is 2.87. The number of aliphatic hydroxyl groups excluding tert-OH is 1. The molecule has 0 radical (unpaired) electrons. The molecule has 0 heterocycles. The first-order valence-electron chi connectivity index (χ1n) is 4.11. The van der Waals surface area contributed by atoms with Crippen LogP contribution in [0.5, 0.6) is 0 Å². The molecule has 4 nitrogen and oxygen atoms in total. The topological polar surface area (TPSA) is 98.3 Å². The molecule has 1 aromatic carbocycles. The number of hydrogen-bond donors (Lipinski definition) is 4. The predicted octanol–water partition coefficient (Wildman–Crippen LogP) is -0.279. The van der Waals surface area contributed by atoms with Gasteiger partial charge in [0.15, 0.2) is 0 Å². The second kappa shape index (κ2) is 3.74. The van der Waals surface area contributed by atoms with Gasteiger partial charge >= 0.3 is 0 Å². The van der Waals surface area contributed by atoms with Gasteiger partial charge in [-0.05, 0) is 6.07 Å². The SMILES string of the molecule is Nc1ccccc1C(N)(N)CCO. The quantitative estimate of drug-likeness (QED) is 0.381. The van der Waals surface area contributed by atoms with E-state index >= 15 is 0 Å².